The van der Waals surface area contributed by atoms with Crippen molar-refractivity contribution in [3.63, 3.8) is 0 Å². The van der Waals surface area contributed by atoms with E-state index in [4.69, 9.17) is 5.14 Å². The summed E-state index contributed by atoms with van der Waals surface area (Å²) in [6.45, 7) is 0.631. The first kappa shape index (κ1) is 12.8. The van der Waals surface area contributed by atoms with Gasteiger partial charge in [-0.3, -0.25) is 0 Å². The number of rotatable bonds is 2. The second kappa shape index (κ2) is 4.69. The molecule has 0 amide bonds. The Bertz CT molecular complexity index is 772. The Labute approximate surface area is 116 Å². The highest BCUT2D eigenvalue weighted by Gasteiger charge is 2.19. The second-order valence-electron chi connectivity index (χ2n) is 4.33. The molecule has 3 rings (SSSR count). The average Bonchev–Trinajstić information content (AvgIpc) is 2.46. The minimum atomic E-state index is -3.70. The zero-order chi connectivity index (χ0) is 14.2. The number of anilines is 2. The lowest BCUT2D eigenvalue weighted by Gasteiger charge is -2.26. The number of hydrogen-bond acceptors (Lipinski definition) is 5. The van der Waals surface area contributed by atoms with E-state index >= 15 is 0 Å². The molecule has 0 atom stereocenters. The molecular formula is C13H12N4O2S. The van der Waals surface area contributed by atoms with E-state index in [2.05, 4.69) is 9.97 Å². The highest BCUT2D eigenvalue weighted by Crippen LogP contribution is 2.31. The van der Waals surface area contributed by atoms with Crippen molar-refractivity contribution < 1.29 is 8.42 Å². The maximum Gasteiger partial charge on any atom is 0.238 e. The van der Waals surface area contributed by atoms with Gasteiger partial charge >= 0.3 is 0 Å². The fraction of sp³-hybridized carbons (Fsp3) is 0.0769. The van der Waals surface area contributed by atoms with Crippen LogP contribution >= 0.6 is 0 Å². The topological polar surface area (TPSA) is 89.2 Å². The van der Waals surface area contributed by atoms with E-state index in [9.17, 15) is 8.42 Å². The molecule has 20 heavy (non-hydrogen) atoms. The fourth-order valence-corrected chi connectivity index (χ4v) is 2.64. The molecule has 0 aliphatic carbocycles. The van der Waals surface area contributed by atoms with E-state index in [1.807, 2.05) is 17.1 Å². The molecule has 0 saturated heterocycles. The molecule has 0 unspecified atom stereocenters. The number of sulfonamides is 1. The van der Waals surface area contributed by atoms with Crippen LogP contribution in [0.5, 0.6) is 0 Å². The first-order valence-corrected chi connectivity index (χ1v) is 7.48. The van der Waals surface area contributed by atoms with Crippen LogP contribution in [0.1, 0.15) is 5.56 Å². The smallest absolute Gasteiger partial charge is 0.238 e. The minimum Gasteiger partial charge on any atom is -0.306 e. The van der Waals surface area contributed by atoms with Gasteiger partial charge in [0.25, 0.3) is 0 Å². The number of benzene rings is 1. The third-order valence-corrected chi connectivity index (χ3v) is 3.91. The molecule has 1 aromatic heterocycles. The lowest BCUT2D eigenvalue weighted by Crippen LogP contribution is -2.23. The van der Waals surface area contributed by atoms with E-state index in [0.29, 0.717) is 12.5 Å². The van der Waals surface area contributed by atoms with E-state index < -0.39 is 10.0 Å². The van der Waals surface area contributed by atoms with E-state index in [-0.39, 0.29) is 4.90 Å². The van der Waals surface area contributed by atoms with E-state index in [0.717, 1.165) is 11.3 Å². The van der Waals surface area contributed by atoms with Gasteiger partial charge in [0.15, 0.2) is 0 Å². The van der Waals surface area contributed by atoms with Gasteiger partial charge in [-0.2, -0.15) is 0 Å². The zero-order valence-corrected chi connectivity index (χ0v) is 11.3. The molecule has 0 saturated carbocycles. The van der Waals surface area contributed by atoms with Gasteiger partial charge in [-0.15, -0.1) is 0 Å². The number of primary sulfonamides is 1. The molecule has 1 aromatic carbocycles. The molecule has 102 valence electrons. The van der Waals surface area contributed by atoms with E-state index in [1.165, 1.54) is 6.07 Å². The molecule has 1 aliphatic heterocycles. The summed E-state index contributed by atoms with van der Waals surface area (Å²) in [5.41, 5.74) is 1.63. The van der Waals surface area contributed by atoms with Crippen LogP contribution in [-0.4, -0.2) is 24.9 Å². The number of aromatic nitrogens is 2. The van der Waals surface area contributed by atoms with Crippen LogP contribution in [0.4, 0.5) is 11.6 Å². The third-order valence-electron chi connectivity index (χ3n) is 3.00. The molecular weight excluding hydrogens is 276 g/mol. The van der Waals surface area contributed by atoms with Crippen LogP contribution in [0, 0.1) is 0 Å². The first-order chi connectivity index (χ1) is 9.55. The second-order valence-corrected chi connectivity index (χ2v) is 5.89. The van der Waals surface area contributed by atoms with Crippen LogP contribution in [0.25, 0.3) is 6.08 Å². The fourth-order valence-electron chi connectivity index (χ4n) is 2.09. The summed E-state index contributed by atoms with van der Waals surface area (Å²) in [4.78, 5) is 10.4. The van der Waals surface area contributed by atoms with Gasteiger partial charge in [0.2, 0.25) is 16.0 Å². The highest BCUT2D eigenvalue weighted by atomic mass is 32.2. The summed E-state index contributed by atoms with van der Waals surface area (Å²) in [7, 11) is -3.70. The summed E-state index contributed by atoms with van der Waals surface area (Å²) in [6.07, 6.45) is 7.12. The Balaban J connectivity index is 2.09. The molecule has 0 bridgehead atoms. The maximum absolute atomic E-state index is 11.4. The summed E-state index contributed by atoms with van der Waals surface area (Å²) in [5.74, 6) is 0.571. The molecule has 1 aliphatic rings. The Morgan fingerprint density at radius 1 is 1.20 bits per heavy atom. The largest absolute Gasteiger partial charge is 0.306 e. The van der Waals surface area contributed by atoms with Crippen molar-refractivity contribution in [3.05, 3.63) is 48.3 Å². The van der Waals surface area contributed by atoms with Crippen molar-refractivity contribution in [2.75, 3.05) is 11.4 Å². The summed E-state index contributed by atoms with van der Waals surface area (Å²) in [6, 6.07) is 6.50. The summed E-state index contributed by atoms with van der Waals surface area (Å²) >= 11 is 0. The van der Waals surface area contributed by atoms with Gasteiger partial charge in [-0.05, 0) is 29.8 Å². The van der Waals surface area contributed by atoms with Crippen molar-refractivity contribution in [2.45, 2.75) is 4.90 Å². The number of nitrogens with two attached hydrogens (primary N) is 1. The van der Waals surface area contributed by atoms with Crippen LogP contribution in [0.15, 0.2) is 47.6 Å². The molecule has 6 nitrogen and oxygen atoms in total. The van der Waals surface area contributed by atoms with Gasteiger partial charge < -0.3 is 4.90 Å². The summed E-state index contributed by atoms with van der Waals surface area (Å²) in [5, 5.41) is 5.15. The Kier molecular flexibility index (Phi) is 3.00. The van der Waals surface area contributed by atoms with Gasteiger partial charge in [0.1, 0.15) is 0 Å². The van der Waals surface area contributed by atoms with Crippen molar-refractivity contribution in [1.82, 2.24) is 9.97 Å². The predicted molar refractivity (Wildman–Crippen MR) is 75.9 cm³/mol. The Hall–Kier alpha value is -2.25. The predicted octanol–water partition coefficient (Wildman–Crippen LogP) is 1.29. The first-order valence-electron chi connectivity index (χ1n) is 5.94. The number of nitrogens with zero attached hydrogens (tertiary/aromatic N) is 3. The van der Waals surface area contributed by atoms with Crippen LogP contribution in [0.2, 0.25) is 0 Å². The lowest BCUT2D eigenvalue weighted by molar-refractivity contribution is 0.598. The van der Waals surface area contributed by atoms with Gasteiger partial charge in [0.05, 0.1) is 10.6 Å². The SMILES string of the molecule is NS(=O)(=O)c1ccc2c(c1)C=CCN2c1ncccn1. The lowest BCUT2D eigenvalue weighted by atomic mass is 10.1. The maximum atomic E-state index is 11.4. The normalized spacial score (nSPS) is 14.2. The molecule has 7 heteroatoms. The van der Waals surface area contributed by atoms with Gasteiger partial charge in [0, 0.05) is 18.9 Å². The molecule has 2 N–H and O–H groups in total. The zero-order valence-electron chi connectivity index (χ0n) is 10.5. The quantitative estimate of drug-likeness (QED) is 0.899. The average molecular weight is 288 g/mol. The molecule has 2 heterocycles. The molecule has 2 aromatic rings. The van der Waals surface area contributed by atoms with Crippen molar-refractivity contribution >= 4 is 27.7 Å². The minimum absolute atomic E-state index is 0.0942. The van der Waals surface area contributed by atoms with E-state index in [1.54, 1.807) is 30.6 Å². The molecule has 0 fully saturated rings. The Morgan fingerprint density at radius 2 is 1.95 bits per heavy atom. The Morgan fingerprint density at radius 3 is 2.65 bits per heavy atom. The number of hydrogen-bond donors (Lipinski definition) is 1. The van der Waals surface area contributed by atoms with Crippen molar-refractivity contribution in [3.8, 4) is 0 Å². The molecule has 0 radical (unpaired) electrons. The van der Waals surface area contributed by atoms with Gasteiger partial charge in [-0.1, -0.05) is 12.2 Å². The van der Waals surface area contributed by atoms with Crippen molar-refractivity contribution in [1.29, 1.82) is 0 Å². The summed E-state index contributed by atoms with van der Waals surface area (Å²) < 4.78 is 22.8. The van der Waals surface area contributed by atoms with Gasteiger partial charge in [-0.25, -0.2) is 23.5 Å². The molecule has 0 spiro atoms. The van der Waals surface area contributed by atoms with Crippen LogP contribution < -0.4 is 10.0 Å². The number of fused-ring (bicyclic) bond motifs is 1. The standard InChI is InChI=1S/C13H12N4O2S/c14-20(18,19)11-4-5-12-10(9-11)3-1-8-17(12)13-15-6-2-7-16-13/h1-7,9H,8H2,(H2,14,18,19). The van der Waals surface area contributed by atoms with Crippen LogP contribution in [0.3, 0.4) is 0 Å². The highest BCUT2D eigenvalue weighted by molar-refractivity contribution is 7.89. The third kappa shape index (κ3) is 2.28. The van der Waals surface area contributed by atoms with Crippen molar-refractivity contribution in [2.24, 2.45) is 5.14 Å². The monoisotopic (exact) mass is 288 g/mol. The van der Waals surface area contributed by atoms with Crippen LogP contribution in [-0.2, 0) is 10.0 Å².